The maximum absolute atomic E-state index is 10.4. The Hall–Kier alpha value is -2.15. The van der Waals surface area contributed by atoms with Gasteiger partial charge in [0.25, 0.3) is 0 Å². The van der Waals surface area contributed by atoms with Crippen LogP contribution in [0.5, 0.6) is 0 Å². The van der Waals surface area contributed by atoms with Gasteiger partial charge in [-0.1, -0.05) is 18.2 Å². The van der Waals surface area contributed by atoms with Crippen LogP contribution in [0.4, 0.5) is 0 Å². The predicted molar refractivity (Wildman–Crippen MR) is 51.8 cm³/mol. The van der Waals surface area contributed by atoms with Crippen molar-refractivity contribution in [2.75, 3.05) is 0 Å². The average Bonchev–Trinajstić information content (AvgIpc) is 2.18. The SMILES string of the molecule is N#Cc1ccc(C=CCC(N)=O)cn1. The summed E-state index contributed by atoms with van der Waals surface area (Å²) in [7, 11) is 0. The van der Waals surface area contributed by atoms with Gasteiger partial charge in [-0.3, -0.25) is 4.79 Å². The fourth-order valence-electron chi connectivity index (χ4n) is 0.881. The van der Waals surface area contributed by atoms with E-state index in [-0.39, 0.29) is 12.3 Å². The van der Waals surface area contributed by atoms with Crippen molar-refractivity contribution < 1.29 is 4.79 Å². The summed E-state index contributed by atoms with van der Waals surface area (Å²) in [6.07, 6.45) is 5.17. The lowest BCUT2D eigenvalue weighted by atomic mass is 10.2. The normalized spacial score (nSPS) is 9.93. The first kappa shape index (κ1) is 9.93. The molecule has 4 nitrogen and oxygen atoms in total. The van der Waals surface area contributed by atoms with Gasteiger partial charge in [0.05, 0.1) is 0 Å². The van der Waals surface area contributed by atoms with E-state index in [9.17, 15) is 4.79 Å². The molecular formula is C10H9N3O. The molecule has 1 rings (SSSR count). The van der Waals surface area contributed by atoms with Crippen LogP contribution in [-0.4, -0.2) is 10.9 Å². The number of nitriles is 1. The number of amides is 1. The second-order valence-corrected chi connectivity index (χ2v) is 2.66. The van der Waals surface area contributed by atoms with Crippen molar-refractivity contribution in [2.24, 2.45) is 5.73 Å². The van der Waals surface area contributed by atoms with Crippen LogP contribution in [0.15, 0.2) is 24.4 Å². The molecule has 1 amide bonds. The molecule has 0 fully saturated rings. The topological polar surface area (TPSA) is 79.8 Å². The zero-order valence-electron chi connectivity index (χ0n) is 7.47. The predicted octanol–water partition coefficient (Wildman–Crippen LogP) is 0.842. The third-order valence-corrected chi connectivity index (χ3v) is 1.53. The van der Waals surface area contributed by atoms with E-state index >= 15 is 0 Å². The number of carbonyl (C=O) groups excluding carboxylic acids is 1. The van der Waals surface area contributed by atoms with Gasteiger partial charge in [-0.2, -0.15) is 5.26 Å². The number of pyridine rings is 1. The van der Waals surface area contributed by atoms with Crippen LogP contribution in [0.2, 0.25) is 0 Å². The summed E-state index contributed by atoms with van der Waals surface area (Å²) in [5.74, 6) is -0.372. The molecule has 0 bridgehead atoms. The van der Waals surface area contributed by atoms with Crippen LogP contribution >= 0.6 is 0 Å². The third-order valence-electron chi connectivity index (χ3n) is 1.53. The summed E-state index contributed by atoms with van der Waals surface area (Å²) in [5, 5.41) is 8.49. The van der Waals surface area contributed by atoms with E-state index in [1.165, 1.54) is 0 Å². The van der Waals surface area contributed by atoms with Gasteiger partial charge in [0.15, 0.2) is 0 Å². The van der Waals surface area contributed by atoms with Crippen LogP contribution in [0.25, 0.3) is 6.08 Å². The Bertz CT molecular complexity index is 387. The molecule has 0 aliphatic rings. The van der Waals surface area contributed by atoms with E-state index in [0.717, 1.165) is 5.56 Å². The van der Waals surface area contributed by atoms with Crippen LogP contribution in [0.1, 0.15) is 17.7 Å². The van der Waals surface area contributed by atoms with Crippen molar-refractivity contribution >= 4 is 12.0 Å². The Morgan fingerprint density at radius 2 is 2.43 bits per heavy atom. The molecule has 0 saturated carbocycles. The summed E-state index contributed by atoms with van der Waals surface area (Å²) in [5.41, 5.74) is 6.16. The zero-order valence-corrected chi connectivity index (χ0v) is 7.47. The van der Waals surface area contributed by atoms with E-state index in [1.807, 2.05) is 6.07 Å². The van der Waals surface area contributed by atoms with Crippen LogP contribution in [0.3, 0.4) is 0 Å². The molecule has 14 heavy (non-hydrogen) atoms. The minimum Gasteiger partial charge on any atom is -0.369 e. The lowest BCUT2D eigenvalue weighted by Crippen LogP contribution is -2.07. The summed E-state index contributed by atoms with van der Waals surface area (Å²) in [6.45, 7) is 0. The molecule has 1 heterocycles. The summed E-state index contributed by atoms with van der Waals surface area (Å²) < 4.78 is 0. The highest BCUT2D eigenvalue weighted by molar-refractivity contribution is 5.76. The number of carbonyl (C=O) groups is 1. The smallest absolute Gasteiger partial charge is 0.221 e. The molecular weight excluding hydrogens is 178 g/mol. The first-order valence-electron chi connectivity index (χ1n) is 4.03. The van der Waals surface area contributed by atoms with E-state index in [2.05, 4.69) is 4.98 Å². The molecule has 1 aromatic heterocycles. The lowest BCUT2D eigenvalue weighted by molar-refractivity contribution is -0.117. The number of rotatable bonds is 3. The molecule has 0 spiro atoms. The molecule has 0 saturated heterocycles. The maximum atomic E-state index is 10.4. The first-order chi connectivity index (χ1) is 6.72. The fourth-order valence-corrected chi connectivity index (χ4v) is 0.881. The Kier molecular flexibility index (Phi) is 3.39. The third kappa shape index (κ3) is 3.07. The van der Waals surface area contributed by atoms with Crippen molar-refractivity contribution in [3.63, 3.8) is 0 Å². The van der Waals surface area contributed by atoms with Gasteiger partial charge in [0, 0.05) is 12.6 Å². The highest BCUT2D eigenvalue weighted by atomic mass is 16.1. The highest BCUT2D eigenvalue weighted by Crippen LogP contribution is 2.02. The molecule has 4 heteroatoms. The van der Waals surface area contributed by atoms with Crippen molar-refractivity contribution in [3.05, 3.63) is 35.7 Å². The minimum absolute atomic E-state index is 0.208. The molecule has 0 unspecified atom stereocenters. The monoisotopic (exact) mass is 187 g/mol. The summed E-state index contributed by atoms with van der Waals surface area (Å²) in [6, 6.07) is 5.29. The summed E-state index contributed by atoms with van der Waals surface area (Å²) in [4.78, 5) is 14.3. The minimum atomic E-state index is -0.372. The Labute approximate surface area is 81.7 Å². The van der Waals surface area contributed by atoms with Gasteiger partial charge in [-0.15, -0.1) is 0 Å². The molecule has 0 aromatic carbocycles. The molecule has 0 radical (unpaired) electrons. The maximum Gasteiger partial charge on any atom is 0.221 e. The van der Waals surface area contributed by atoms with E-state index < -0.39 is 0 Å². The summed E-state index contributed by atoms with van der Waals surface area (Å²) >= 11 is 0. The lowest BCUT2D eigenvalue weighted by Gasteiger charge is -1.91. The largest absolute Gasteiger partial charge is 0.369 e. The van der Waals surface area contributed by atoms with Gasteiger partial charge in [-0.05, 0) is 11.6 Å². The molecule has 0 atom stereocenters. The molecule has 2 N–H and O–H groups in total. The zero-order chi connectivity index (χ0) is 10.4. The van der Waals surface area contributed by atoms with Crippen molar-refractivity contribution in [1.82, 2.24) is 4.98 Å². The number of primary amides is 1. The van der Waals surface area contributed by atoms with E-state index in [1.54, 1.807) is 30.5 Å². The van der Waals surface area contributed by atoms with Crippen LogP contribution in [0, 0.1) is 11.3 Å². The van der Waals surface area contributed by atoms with Crippen molar-refractivity contribution in [2.45, 2.75) is 6.42 Å². The standard InChI is InChI=1S/C10H9N3O/c11-6-9-5-4-8(7-13-9)2-1-3-10(12)14/h1-2,4-5,7H,3H2,(H2,12,14). The Morgan fingerprint density at radius 1 is 1.64 bits per heavy atom. The molecule has 1 aromatic rings. The second kappa shape index (κ2) is 4.77. The van der Waals surface area contributed by atoms with Gasteiger partial charge >= 0.3 is 0 Å². The van der Waals surface area contributed by atoms with Crippen molar-refractivity contribution in [3.8, 4) is 6.07 Å². The average molecular weight is 187 g/mol. The number of hydrogen-bond donors (Lipinski definition) is 1. The van der Waals surface area contributed by atoms with Gasteiger partial charge < -0.3 is 5.73 Å². The van der Waals surface area contributed by atoms with E-state index in [4.69, 9.17) is 11.0 Å². The number of hydrogen-bond acceptors (Lipinski definition) is 3. The van der Waals surface area contributed by atoms with Gasteiger partial charge in [0.2, 0.25) is 5.91 Å². The number of nitrogens with zero attached hydrogens (tertiary/aromatic N) is 2. The molecule has 70 valence electrons. The Morgan fingerprint density at radius 3 is 2.93 bits per heavy atom. The number of nitrogens with two attached hydrogens (primary N) is 1. The van der Waals surface area contributed by atoms with Gasteiger partial charge in [-0.25, -0.2) is 4.98 Å². The van der Waals surface area contributed by atoms with Gasteiger partial charge in [0.1, 0.15) is 11.8 Å². The fraction of sp³-hybridized carbons (Fsp3) is 0.100. The quantitative estimate of drug-likeness (QED) is 0.761. The highest BCUT2D eigenvalue weighted by Gasteiger charge is 1.91. The van der Waals surface area contributed by atoms with Crippen molar-refractivity contribution in [1.29, 1.82) is 5.26 Å². The number of aromatic nitrogens is 1. The van der Waals surface area contributed by atoms with Crippen LogP contribution < -0.4 is 5.73 Å². The molecule has 0 aliphatic carbocycles. The second-order valence-electron chi connectivity index (χ2n) is 2.66. The van der Waals surface area contributed by atoms with Crippen LogP contribution in [-0.2, 0) is 4.79 Å². The first-order valence-corrected chi connectivity index (χ1v) is 4.03. The molecule has 0 aliphatic heterocycles. The Balaban J connectivity index is 2.65. The van der Waals surface area contributed by atoms with E-state index in [0.29, 0.717) is 5.69 Å².